The van der Waals surface area contributed by atoms with Crippen LogP contribution in [-0.2, 0) is 20.1 Å². The number of nitrogens with one attached hydrogen (secondary N) is 1. The fourth-order valence-corrected chi connectivity index (χ4v) is 0. The molecule has 0 spiro atoms. The smallest absolute Gasteiger partial charge is 0.388 e. The number of hydrogen-bond donors (Lipinski definition) is 2. The molecule has 2 nitrogen and oxygen atoms in total. The second-order valence-electron chi connectivity index (χ2n) is 0.683. The van der Waals surface area contributed by atoms with E-state index >= 15 is 0 Å². The second kappa shape index (κ2) is 4.12. The first-order valence-corrected chi connectivity index (χ1v) is 1.04. The summed E-state index contributed by atoms with van der Waals surface area (Å²) in [7, 11) is 0. The van der Waals surface area contributed by atoms with E-state index in [-0.39, 0.29) is 25.9 Å². The van der Waals surface area contributed by atoms with E-state index in [0.717, 1.165) is 0 Å². The Hall–Kier alpha value is 0.119. The predicted octanol–water partition coefficient (Wildman–Crippen LogP) is -0.0602. The monoisotopic (exact) mass is 251 g/mol. The van der Waals surface area contributed by atoms with Gasteiger partial charge in [0.15, 0.2) is 0 Å². The van der Waals surface area contributed by atoms with Gasteiger partial charge in [0, 0.05) is 0 Å². The van der Waals surface area contributed by atoms with Crippen molar-refractivity contribution in [3.05, 3.63) is 0 Å². The molecule has 0 aliphatic heterocycles. The summed E-state index contributed by atoms with van der Waals surface area (Å²) in [5, 5.41) is 6.28. The van der Waals surface area contributed by atoms with E-state index in [1.54, 1.807) is 0 Å². The van der Waals surface area contributed by atoms with Crippen molar-refractivity contribution in [2.24, 2.45) is 5.73 Å². The molecule has 0 unspecified atom stereocenters. The molecule has 0 saturated carbocycles. The number of rotatable bonds is 0. The van der Waals surface area contributed by atoms with Crippen LogP contribution in [-0.4, -0.2) is 5.84 Å². The molecule has 0 fully saturated rings. The summed E-state index contributed by atoms with van der Waals surface area (Å²) in [6, 6.07) is 0. The molecule has 0 aromatic rings. The van der Waals surface area contributed by atoms with E-state index in [4.69, 9.17) is 11.1 Å². The Kier molecular flexibility index (Phi) is 7.36. The van der Waals surface area contributed by atoms with Crippen LogP contribution in [0.1, 0.15) is 6.92 Å². The van der Waals surface area contributed by atoms with Crippen LogP contribution in [0, 0.1) is 5.41 Å². The Morgan fingerprint density at radius 3 is 1.80 bits per heavy atom. The minimum atomic E-state index is 0. The van der Waals surface area contributed by atoms with E-state index in [9.17, 15) is 0 Å². The summed E-state index contributed by atoms with van der Waals surface area (Å²) >= 11 is 0. The molecule has 0 rings (SSSR count). The Morgan fingerprint density at radius 2 is 1.80 bits per heavy atom. The second-order valence-corrected chi connectivity index (χ2v) is 0.683. The Labute approximate surface area is 44.6 Å². The fraction of sp³-hybridized carbons (Fsp3) is 0.500. The molecule has 0 atom stereocenters. The van der Waals surface area contributed by atoms with Gasteiger partial charge in [-0.3, -0.25) is 5.41 Å². The van der Waals surface area contributed by atoms with Crippen LogP contribution >= 0.6 is 0 Å². The normalized spacial score (nSPS) is 5.00. The third-order valence-corrected chi connectivity index (χ3v) is 0. The molecule has 0 bridgehead atoms. The number of amidine groups is 1. The molecule has 0 heterocycles. The molecule has 0 amide bonds. The van der Waals surface area contributed by atoms with Crippen molar-refractivity contribution in [2.45, 2.75) is 6.92 Å². The van der Waals surface area contributed by atoms with Gasteiger partial charge in [-0.1, -0.05) is 0 Å². The van der Waals surface area contributed by atoms with E-state index in [0.29, 0.717) is 0 Å². The van der Waals surface area contributed by atoms with Gasteiger partial charge in [0.2, 0.25) is 0 Å². The Balaban J connectivity index is 0. The average Bonchev–Trinajstić information content (AvgIpc) is 0.811. The fourth-order valence-electron chi connectivity index (χ4n) is 0. The summed E-state index contributed by atoms with van der Waals surface area (Å²) < 4.78 is 0. The van der Waals surface area contributed by atoms with Gasteiger partial charge in [0.1, 0.15) is 0 Å². The number of hydrogen-bond acceptors (Lipinski definition) is 1. The first-order valence-electron chi connectivity index (χ1n) is 1.04. The van der Waals surface area contributed by atoms with Crippen LogP contribution in [0.5, 0.6) is 0 Å². The largest absolute Gasteiger partial charge is 3.00 e. The van der Waals surface area contributed by atoms with Gasteiger partial charge in [-0.25, -0.2) is 0 Å². The SMILES string of the molecule is CC(=N)N.[Ir+3]. The molecule has 0 aromatic carbocycles. The molecule has 3 N–H and O–H groups in total. The standard InChI is InChI=1S/C2H6N2.Ir/c1-2(3)4;/h1H3,(H3,3,4);/q;+3. The average molecular weight is 250 g/mol. The van der Waals surface area contributed by atoms with Crippen LogP contribution in [0.3, 0.4) is 0 Å². The van der Waals surface area contributed by atoms with Crippen molar-refractivity contribution in [3.8, 4) is 0 Å². The molecule has 0 aromatic heterocycles. The third kappa shape index (κ3) is 1300. The van der Waals surface area contributed by atoms with Crippen LogP contribution in [0.2, 0.25) is 0 Å². The maximum Gasteiger partial charge on any atom is 3.00 e. The Bertz CT molecular complexity index is 30.6. The van der Waals surface area contributed by atoms with Crippen LogP contribution < -0.4 is 5.73 Å². The molecule has 30 valence electrons. The van der Waals surface area contributed by atoms with Crippen molar-refractivity contribution in [3.63, 3.8) is 0 Å². The summed E-state index contributed by atoms with van der Waals surface area (Å²) in [6.45, 7) is 1.53. The first-order chi connectivity index (χ1) is 1.73. The van der Waals surface area contributed by atoms with Gasteiger partial charge in [-0.15, -0.1) is 0 Å². The predicted molar refractivity (Wildman–Crippen MR) is 17.6 cm³/mol. The summed E-state index contributed by atoms with van der Waals surface area (Å²) in [6.07, 6.45) is 0. The summed E-state index contributed by atoms with van der Waals surface area (Å²) in [5.74, 6) is 0.167. The van der Waals surface area contributed by atoms with Gasteiger partial charge in [0.05, 0.1) is 5.84 Å². The molecule has 5 heavy (non-hydrogen) atoms. The molecular formula is C2H6IrN2+3. The van der Waals surface area contributed by atoms with Crippen molar-refractivity contribution >= 4 is 5.84 Å². The first kappa shape index (κ1) is 8.93. The summed E-state index contributed by atoms with van der Waals surface area (Å²) in [4.78, 5) is 0. The van der Waals surface area contributed by atoms with Gasteiger partial charge in [0.25, 0.3) is 0 Å². The maximum atomic E-state index is 6.28. The van der Waals surface area contributed by atoms with Crippen LogP contribution in [0.15, 0.2) is 0 Å². The van der Waals surface area contributed by atoms with E-state index in [2.05, 4.69) is 0 Å². The number of nitrogens with two attached hydrogens (primary N) is 1. The van der Waals surface area contributed by atoms with Gasteiger partial charge in [-0.05, 0) is 6.92 Å². The van der Waals surface area contributed by atoms with E-state index < -0.39 is 0 Å². The van der Waals surface area contributed by atoms with Gasteiger partial charge in [-0.2, -0.15) is 0 Å². The van der Waals surface area contributed by atoms with Crippen molar-refractivity contribution in [2.75, 3.05) is 0 Å². The minimum absolute atomic E-state index is 0. The van der Waals surface area contributed by atoms with Crippen molar-refractivity contribution in [1.82, 2.24) is 0 Å². The zero-order chi connectivity index (χ0) is 3.58. The van der Waals surface area contributed by atoms with E-state index in [1.165, 1.54) is 6.92 Å². The van der Waals surface area contributed by atoms with Gasteiger partial charge >= 0.3 is 20.1 Å². The third-order valence-electron chi connectivity index (χ3n) is 0. The molecule has 0 aliphatic carbocycles. The molecule has 0 saturated heterocycles. The molecule has 3 heteroatoms. The van der Waals surface area contributed by atoms with E-state index in [1.807, 2.05) is 0 Å². The quantitative estimate of drug-likeness (QED) is 0.459. The van der Waals surface area contributed by atoms with Crippen molar-refractivity contribution < 1.29 is 20.1 Å². The van der Waals surface area contributed by atoms with Crippen LogP contribution in [0.25, 0.3) is 0 Å². The molecule has 0 aliphatic rings. The topological polar surface area (TPSA) is 49.9 Å². The summed E-state index contributed by atoms with van der Waals surface area (Å²) in [5.41, 5.74) is 4.69. The zero-order valence-corrected chi connectivity index (χ0v) is 5.31. The maximum absolute atomic E-state index is 6.28. The zero-order valence-electron chi connectivity index (χ0n) is 2.91. The van der Waals surface area contributed by atoms with Crippen molar-refractivity contribution in [1.29, 1.82) is 5.41 Å². The van der Waals surface area contributed by atoms with Crippen LogP contribution in [0.4, 0.5) is 0 Å². The van der Waals surface area contributed by atoms with Gasteiger partial charge < -0.3 is 5.73 Å². The molecular weight excluding hydrogens is 244 g/mol. The Morgan fingerprint density at radius 1 is 1.80 bits per heavy atom. The minimum Gasteiger partial charge on any atom is -0.388 e. The molecule has 0 radical (unpaired) electrons.